The van der Waals surface area contributed by atoms with Gasteiger partial charge in [-0.1, -0.05) is 18.2 Å². The Morgan fingerprint density at radius 3 is 2.34 bits per heavy atom. The fourth-order valence-corrected chi connectivity index (χ4v) is 4.37. The third kappa shape index (κ3) is 4.61. The Morgan fingerprint density at radius 1 is 1.12 bits per heavy atom. The molecule has 0 N–H and O–H groups in total. The summed E-state index contributed by atoms with van der Waals surface area (Å²) in [7, 11) is 0. The first-order valence-corrected chi connectivity index (χ1v) is 10.9. The lowest BCUT2D eigenvalue weighted by Crippen LogP contribution is -2.43. The Hall–Kier alpha value is -2.97. The average molecular weight is 448 g/mol. The maximum absolute atomic E-state index is 13.1. The lowest BCUT2D eigenvalue weighted by atomic mass is 9.85. The lowest BCUT2D eigenvalue weighted by Gasteiger charge is -2.25. The minimum Gasteiger partial charge on any atom is -0.490 e. The van der Waals surface area contributed by atoms with E-state index in [1.807, 2.05) is 12.2 Å². The molecule has 1 aliphatic heterocycles. The summed E-state index contributed by atoms with van der Waals surface area (Å²) in [5.41, 5.74) is 0.687. The van der Waals surface area contributed by atoms with Gasteiger partial charge in [0.15, 0.2) is 11.5 Å². The van der Waals surface area contributed by atoms with Gasteiger partial charge < -0.3 is 14.4 Å². The van der Waals surface area contributed by atoms with Crippen molar-refractivity contribution in [3.63, 3.8) is 0 Å². The van der Waals surface area contributed by atoms with Gasteiger partial charge in [-0.05, 0) is 50.3 Å². The number of ether oxygens (including phenoxy) is 2. The number of nitrogens with zero attached hydrogens (tertiary/aromatic N) is 2. The second-order valence-electron chi connectivity index (χ2n) is 8.26. The van der Waals surface area contributed by atoms with E-state index in [9.17, 15) is 23.2 Å². The molecule has 0 radical (unpaired) electrons. The monoisotopic (exact) mass is 448 g/mol. The number of carbonyl (C=O) groups excluding carboxylic acids is 3. The molecule has 1 aromatic rings. The average Bonchev–Trinajstić information content (AvgIpc) is 3.58. The maximum Gasteiger partial charge on any atom is 0.387 e. The Bertz CT molecular complexity index is 905. The number of rotatable bonds is 9. The van der Waals surface area contributed by atoms with E-state index < -0.39 is 6.61 Å². The molecule has 1 saturated heterocycles. The summed E-state index contributed by atoms with van der Waals surface area (Å²) < 4.78 is 35.2. The maximum atomic E-state index is 13.1. The first-order chi connectivity index (χ1) is 15.4. The van der Waals surface area contributed by atoms with Gasteiger partial charge >= 0.3 is 6.61 Å². The minimum absolute atomic E-state index is 0.0341. The van der Waals surface area contributed by atoms with Crippen LogP contribution in [0.15, 0.2) is 30.4 Å². The van der Waals surface area contributed by atoms with Crippen LogP contribution in [0.3, 0.4) is 0 Å². The SMILES string of the molecule is CCOc1cc(CN(C(=O)CN2C(=O)[C@@H]3CC=CC[C@H]3C2=O)C2CC2)ccc1OC(F)F. The van der Waals surface area contributed by atoms with Gasteiger partial charge in [0.1, 0.15) is 6.54 Å². The van der Waals surface area contributed by atoms with E-state index in [1.54, 1.807) is 24.0 Å². The van der Waals surface area contributed by atoms with Crippen LogP contribution in [0.4, 0.5) is 8.78 Å². The number of hydrogen-bond acceptors (Lipinski definition) is 5. The van der Waals surface area contributed by atoms with Crippen LogP contribution in [-0.4, -0.2) is 53.3 Å². The van der Waals surface area contributed by atoms with Crippen LogP contribution >= 0.6 is 0 Å². The number of imide groups is 1. The number of likely N-dealkylation sites (tertiary alicyclic amines) is 1. The van der Waals surface area contributed by atoms with Gasteiger partial charge in [0.2, 0.25) is 17.7 Å². The molecule has 0 bridgehead atoms. The van der Waals surface area contributed by atoms with E-state index in [4.69, 9.17) is 4.74 Å². The molecule has 0 spiro atoms. The molecule has 1 heterocycles. The topological polar surface area (TPSA) is 76.2 Å². The normalized spacial score (nSPS) is 22.3. The van der Waals surface area contributed by atoms with Crippen molar-refractivity contribution < 1.29 is 32.6 Å². The van der Waals surface area contributed by atoms with Crippen LogP contribution in [0.2, 0.25) is 0 Å². The quantitative estimate of drug-likeness (QED) is 0.429. The zero-order chi connectivity index (χ0) is 22.8. The fourth-order valence-electron chi connectivity index (χ4n) is 4.37. The molecule has 1 aromatic carbocycles. The van der Waals surface area contributed by atoms with Gasteiger partial charge in [0, 0.05) is 12.6 Å². The summed E-state index contributed by atoms with van der Waals surface area (Å²) in [6, 6.07) is 4.62. The van der Waals surface area contributed by atoms with Gasteiger partial charge in [-0.15, -0.1) is 0 Å². The molecule has 2 atom stereocenters. The second kappa shape index (κ2) is 9.26. The van der Waals surface area contributed by atoms with E-state index in [0.29, 0.717) is 18.4 Å². The molecular formula is C23H26F2N2O5. The highest BCUT2D eigenvalue weighted by molar-refractivity contribution is 6.07. The Labute approximate surface area is 184 Å². The summed E-state index contributed by atoms with van der Waals surface area (Å²) in [4.78, 5) is 41.3. The number of amides is 3. The van der Waals surface area contributed by atoms with Gasteiger partial charge in [-0.2, -0.15) is 8.78 Å². The first kappa shape index (κ1) is 22.2. The molecule has 0 unspecified atom stereocenters. The zero-order valence-electron chi connectivity index (χ0n) is 17.8. The molecule has 1 saturated carbocycles. The highest BCUT2D eigenvalue weighted by Gasteiger charge is 2.48. The van der Waals surface area contributed by atoms with Crippen molar-refractivity contribution >= 4 is 17.7 Å². The van der Waals surface area contributed by atoms with Crippen molar-refractivity contribution in [1.29, 1.82) is 0 Å². The van der Waals surface area contributed by atoms with E-state index in [-0.39, 0.29) is 66.8 Å². The largest absolute Gasteiger partial charge is 0.490 e. The molecule has 7 nitrogen and oxygen atoms in total. The minimum atomic E-state index is -2.97. The summed E-state index contributed by atoms with van der Waals surface area (Å²) in [5, 5.41) is 0. The van der Waals surface area contributed by atoms with Crippen LogP contribution in [0, 0.1) is 11.8 Å². The predicted molar refractivity (Wildman–Crippen MR) is 110 cm³/mol. The molecule has 9 heteroatoms. The summed E-state index contributed by atoms with van der Waals surface area (Å²) in [6.45, 7) is -1.02. The smallest absolute Gasteiger partial charge is 0.387 e. The number of allylic oxidation sites excluding steroid dienone is 2. The van der Waals surface area contributed by atoms with Crippen molar-refractivity contribution in [2.24, 2.45) is 11.8 Å². The molecule has 4 rings (SSSR count). The first-order valence-electron chi connectivity index (χ1n) is 10.9. The Kier molecular flexibility index (Phi) is 6.43. The summed E-state index contributed by atoms with van der Waals surface area (Å²) >= 11 is 0. The third-order valence-electron chi connectivity index (χ3n) is 6.08. The van der Waals surface area contributed by atoms with E-state index >= 15 is 0 Å². The van der Waals surface area contributed by atoms with Gasteiger partial charge in [0.05, 0.1) is 18.4 Å². The van der Waals surface area contributed by atoms with E-state index in [0.717, 1.165) is 17.7 Å². The third-order valence-corrected chi connectivity index (χ3v) is 6.08. The molecule has 32 heavy (non-hydrogen) atoms. The number of alkyl halides is 2. The molecular weight excluding hydrogens is 422 g/mol. The number of carbonyl (C=O) groups is 3. The van der Waals surface area contributed by atoms with Gasteiger partial charge in [0.25, 0.3) is 0 Å². The van der Waals surface area contributed by atoms with Crippen LogP contribution in [0.25, 0.3) is 0 Å². The van der Waals surface area contributed by atoms with Crippen molar-refractivity contribution in [2.75, 3.05) is 13.2 Å². The molecule has 2 fully saturated rings. The van der Waals surface area contributed by atoms with Crippen molar-refractivity contribution in [1.82, 2.24) is 9.80 Å². The highest BCUT2D eigenvalue weighted by atomic mass is 19.3. The van der Waals surface area contributed by atoms with E-state index in [1.165, 1.54) is 6.07 Å². The van der Waals surface area contributed by atoms with Gasteiger partial charge in [-0.3, -0.25) is 19.3 Å². The number of fused-ring (bicyclic) bond motifs is 1. The standard InChI is InChI=1S/C23H26F2N2O5/c1-2-31-19-11-14(7-10-18(19)32-23(24)25)12-26(15-8-9-15)20(28)13-27-21(29)16-5-3-4-6-17(16)22(27)30/h3-4,7,10-11,15-17,23H,2,5-6,8-9,12-13H2,1H3/t16-,17-/m1/s1. The number of halogens is 2. The molecule has 0 aromatic heterocycles. The second-order valence-corrected chi connectivity index (χ2v) is 8.26. The fraction of sp³-hybridized carbons (Fsp3) is 0.522. The molecule has 3 amide bonds. The Balaban J connectivity index is 1.47. The number of benzene rings is 1. The van der Waals surface area contributed by atoms with Crippen LogP contribution in [0.1, 0.15) is 38.2 Å². The van der Waals surface area contributed by atoms with Gasteiger partial charge in [-0.25, -0.2) is 0 Å². The summed E-state index contributed by atoms with van der Waals surface area (Å²) in [6.07, 6.45) is 6.55. The highest BCUT2D eigenvalue weighted by Crippen LogP contribution is 2.36. The van der Waals surface area contributed by atoms with Crippen molar-refractivity contribution in [2.45, 2.75) is 51.8 Å². The van der Waals surface area contributed by atoms with Crippen LogP contribution in [-0.2, 0) is 20.9 Å². The summed E-state index contributed by atoms with van der Waals surface area (Å²) in [5.74, 6) is -1.49. The van der Waals surface area contributed by atoms with E-state index in [2.05, 4.69) is 4.74 Å². The zero-order valence-corrected chi connectivity index (χ0v) is 17.8. The molecule has 172 valence electrons. The van der Waals surface area contributed by atoms with Crippen LogP contribution in [0.5, 0.6) is 11.5 Å². The van der Waals surface area contributed by atoms with Crippen molar-refractivity contribution in [3.8, 4) is 11.5 Å². The Morgan fingerprint density at radius 2 is 1.78 bits per heavy atom. The molecule has 2 aliphatic carbocycles. The lowest BCUT2D eigenvalue weighted by molar-refractivity contribution is -0.147. The number of hydrogen-bond donors (Lipinski definition) is 0. The molecule has 3 aliphatic rings. The van der Waals surface area contributed by atoms with Crippen molar-refractivity contribution in [3.05, 3.63) is 35.9 Å². The predicted octanol–water partition coefficient (Wildman–Crippen LogP) is 3.13. The van der Waals surface area contributed by atoms with Crippen LogP contribution < -0.4 is 9.47 Å².